The topological polar surface area (TPSA) is 20.3 Å². The largest absolute Gasteiger partial charge is 0.338 e. The first kappa shape index (κ1) is 13.3. The maximum atomic E-state index is 13.0. The highest BCUT2D eigenvalue weighted by Gasteiger charge is 2.35. The fourth-order valence-corrected chi connectivity index (χ4v) is 2.11. The SMILES string of the molecule is Cc1cc(C(=O)N2CCC(F)(F)CC2)ccc1Cl. The third kappa shape index (κ3) is 2.80. The highest BCUT2D eigenvalue weighted by Crippen LogP contribution is 2.28. The van der Waals surface area contributed by atoms with Gasteiger partial charge < -0.3 is 4.90 Å². The number of carbonyl (C=O) groups is 1. The van der Waals surface area contributed by atoms with Crippen LogP contribution < -0.4 is 0 Å². The number of likely N-dealkylation sites (tertiary alicyclic amines) is 1. The maximum Gasteiger partial charge on any atom is 0.253 e. The Kier molecular flexibility index (Phi) is 3.57. The Balaban J connectivity index is 2.10. The second-order valence-electron chi connectivity index (χ2n) is 4.61. The molecular weight excluding hydrogens is 260 g/mol. The molecule has 0 N–H and O–H groups in total. The van der Waals surface area contributed by atoms with Gasteiger partial charge in [0.15, 0.2) is 0 Å². The average molecular weight is 274 g/mol. The third-order valence-electron chi connectivity index (χ3n) is 3.19. The Bertz CT molecular complexity index is 466. The lowest BCUT2D eigenvalue weighted by Gasteiger charge is -2.31. The van der Waals surface area contributed by atoms with Crippen LogP contribution in [0.5, 0.6) is 0 Å². The van der Waals surface area contributed by atoms with Crippen molar-refractivity contribution in [2.45, 2.75) is 25.7 Å². The van der Waals surface area contributed by atoms with Gasteiger partial charge in [0, 0.05) is 36.5 Å². The van der Waals surface area contributed by atoms with Crippen molar-refractivity contribution in [1.29, 1.82) is 0 Å². The van der Waals surface area contributed by atoms with Crippen molar-refractivity contribution < 1.29 is 13.6 Å². The fraction of sp³-hybridized carbons (Fsp3) is 0.462. The lowest BCUT2D eigenvalue weighted by molar-refractivity contribution is -0.0494. The van der Waals surface area contributed by atoms with Gasteiger partial charge in [-0.15, -0.1) is 0 Å². The smallest absolute Gasteiger partial charge is 0.253 e. The normalized spacial score (nSPS) is 18.8. The molecule has 2 nitrogen and oxygen atoms in total. The van der Waals surface area contributed by atoms with Crippen LogP contribution in [0.25, 0.3) is 0 Å². The number of nitrogens with zero attached hydrogens (tertiary/aromatic N) is 1. The molecule has 1 aromatic carbocycles. The van der Waals surface area contributed by atoms with Crippen LogP contribution in [-0.2, 0) is 0 Å². The zero-order valence-corrected chi connectivity index (χ0v) is 10.8. The molecule has 1 aliphatic heterocycles. The first-order chi connectivity index (χ1) is 8.39. The van der Waals surface area contributed by atoms with E-state index in [1.165, 1.54) is 4.90 Å². The van der Waals surface area contributed by atoms with E-state index in [4.69, 9.17) is 11.6 Å². The van der Waals surface area contributed by atoms with Gasteiger partial charge in [0.2, 0.25) is 0 Å². The maximum absolute atomic E-state index is 13.0. The Hall–Kier alpha value is -1.16. The van der Waals surface area contributed by atoms with Gasteiger partial charge in [-0.2, -0.15) is 0 Å². The van der Waals surface area contributed by atoms with E-state index in [-0.39, 0.29) is 31.8 Å². The lowest BCUT2D eigenvalue weighted by Crippen LogP contribution is -2.42. The molecule has 0 radical (unpaired) electrons. The molecular formula is C13H14ClF2NO. The van der Waals surface area contributed by atoms with Gasteiger partial charge in [0.25, 0.3) is 11.8 Å². The molecule has 1 fully saturated rings. The van der Waals surface area contributed by atoms with Gasteiger partial charge >= 0.3 is 0 Å². The van der Waals surface area contributed by atoms with E-state index in [9.17, 15) is 13.6 Å². The van der Waals surface area contributed by atoms with E-state index >= 15 is 0 Å². The number of hydrogen-bond donors (Lipinski definition) is 0. The number of halogens is 3. The van der Waals surface area contributed by atoms with Crippen LogP contribution in [0.4, 0.5) is 8.78 Å². The van der Waals surface area contributed by atoms with E-state index in [0.29, 0.717) is 10.6 Å². The van der Waals surface area contributed by atoms with Gasteiger partial charge in [-0.3, -0.25) is 4.79 Å². The number of aryl methyl sites for hydroxylation is 1. The van der Waals surface area contributed by atoms with Gasteiger partial charge in [0.05, 0.1) is 0 Å². The third-order valence-corrected chi connectivity index (χ3v) is 3.61. The summed E-state index contributed by atoms with van der Waals surface area (Å²) in [7, 11) is 0. The summed E-state index contributed by atoms with van der Waals surface area (Å²) in [6.07, 6.45) is -0.517. The van der Waals surface area contributed by atoms with Crippen molar-refractivity contribution in [3.8, 4) is 0 Å². The van der Waals surface area contributed by atoms with E-state index in [1.807, 2.05) is 6.92 Å². The molecule has 0 spiro atoms. The summed E-state index contributed by atoms with van der Waals surface area (Å²) in [5, 5.41) is 0.594. The number of hydrogen-bond acceptors (Lipinski definition) is 1. The molecule has 0 unspecified atom stereocenters. The number of piperidine rings is 1. The molecule has 0 aromatic heterocycles. The summed E-state index contributed by atoms with van der Waals surface area (Å²) in [6, 6.07) is 4.98. The van der Waals surface area contributed by atoms with E-state index in [2.05, 4.69) is 0 Å². The predicted molar refractivity (Wildman–Crippen MR) is 66.3 cm³/mol. The summed E-state index contributed by atoms with van der Waals surface area (Å²) in [5.41, 5.74) is 1.31. The zero-order valence-electron chi connectivity index (χ0n) is 10.0. The van der Waals surface area contributed by atoms with Crippen LogP contribution in [-0.4, -0.2) is 29.8 Å². The van der Waals surface area contributed by atoms with Gasteiger partial charge in [-0.25, -0.2) is 8.78 Å². The van der Waals surface area contributed by atoms with Crippen molar-refractivity contribution in [2.75, 3.05) is 13.1 Å². The van der Waals surface area contributed by atoms with Crippen LogP contribution >= 0.6 is 11.6 Å². The minimum absolute atomic E-state index is 0.105. The predicted octanol–water partition coefficient (Wildman–Crippen LogP) is 3.52. The van der Waals surface area contributed by atoms with Crippen LogP contribution in [0.15, 0.2) is 18.2 Å². The van der Waals surface area contributed by atoms with E-state index < -0.39 is 5.92 Å². The molecule has 2 rings (SSSR count). The van der Waals surface area contributed by atoms with Crippen LogP contribution in [0, 0.1) is 6.92 Å². The monoisotopic (exact) mass is 273 g/mol. The molecule has 98 valence electrons. The Morgan fingerprint density at radius 3 is 2.50 bits per heavy atom. The molecule has 0 bridgehead atoms. The van der Waals surface area contributed by atoms with Gasteiger partial charge in [0.1, 0.15) is 0 Å². The summed E-state index contributed by atoms with van der Waals surface area (Å²) >= 11 is 5.88. The quantitative estimate of drug-likeness (QED) is 0.767. The van der Waals surface area contributed by atoms with Crippen molar-refractivity contribution in [3.05, 3.63) is 34.3 Å². The molecule has 1 amide bonds. The molecule has 5 heteroatoms. The summed E-state index contributed by atoms with van der Waals surface area (Å²) in [5.74, 6) is -2.84. The Morgan fingerprint density at radius 1 is 1.33 bits per heavy atom. The minimum Gasteiger partial charge on any atom is -0.338 e. The second kappa shape index (κ2) is 4.84. The van der Waals surface area contributed by atoms with Crippen molar-refractivity contribution in [1.82, 2.24) is 4.90 Å². The standard InChI is InChI=1S/C13H14ClF2NO/c1-9-8-10(2-3-11(9)14)12(18)17-6-4-13(15,16)5-7-17/h2-3,8H,4-7H2,1H3. The van der Waals surface area contributed by atoms with Crippen LogP contribution in [0.1, 0.15) is 28.8 Å². The summed E-state index contributed by atoms with van der Waals surface area (Å²) < 4.78 is 26.0. The first-order valence-corrected chi connectivity index (χ1v) is 6.20. The molecule has 1 saturated heterocycles. The van der Waals surface area contributed by atoms with Crippen molar-refractivity contribution >= 4 is 17.5 Å². The fourth-order valence-electron chi connectivity index (χ4n) is 2.00. The zero-order chi connectivity index (χ0) is 13.3. The first-order valence-electron chi connectivity index (χ1n) is 5.82. The molecule has 0 atom stereocenters. The molecule has 18 heavy (non-hydrogen) atoms. The highest BCUT2D eigenvalue weighted by molar-refractivity contribution is 6.31. The summed E-state index contributed by atoms with van der Waals surface area (Å²) in [6.45, 7) is 2.02. The number of benzene rings is 1. The van der Waals surface area contributed by atoms with Crippen LogP contribution in [0.2, 0.25) is 5.02 Å². The van der Waals surface area contributed by atoms with Crippen LogP contribution in [0.3, 0.4) is 0 Å². The Labute approximate surface area is 110 Å². The summed E-state index contributed by atoms with van der Waals surface area (Å²) in [4.78, 5) is 13.6. The average Bonchev–Trinajstić information content (AvgIpc) is 2.32. The molecule has 0 aliphatic carbocycles. The molecule has 1 aliphatic rings. The number of carbonyl (C=O) groups excluding carboxylic acids is 1. The van der Waals surface area contributed by atoms with Gasteiger partial charge in [-0.1, -0.05) is 11.6 Å². The number of rotatable bonds is 1. The van der Waals surface area contributed by atoms with E-state index in [0.717, 1.165) is 5.56 Å². The number of alkyl halides is 2. The highest BCUT2D eigenvalue weighted by atomic mass is 35.5. The van der Waals surface area contributed by atoms with Gasteiger partial charge in [-0.05, 0) is 30.7 Å². The molecule has 1 heterocycles. The van der Waals surface area contributed by atoms with E-state index in [1.54, 1.807) is 18.2 Å². The Morgan fingerprint density at radius 2 is 1.94 bits per heavy atom. The second-order valence-corrected chi connectivity index (χ2v) is 5.02. The van der Waals surface area contributed by atoms with Crippen molar-refractivity contribution in [2.24, 2.45) is 0 Å². The molecule has 1 aromatic rings. The lowest BCUT2D eigenvalue weighted by atomic mass is 10.0. The molecule has 0 saturated carbocycles. The van der Waals surface area contributed by atoms with Crippen molar-refractivity contribution in [3.63, 3.8) is 0 Å². The number of amides is 1. The minimum atomic E-state index is -2.63.